The Kier molecular flexibility index (Phi) is 4.08. The molecule has 24 heavy (non-hydrogen) atoms. The number of nitrogens with zero attached hydrogens (tertiary/aromatic N) is 1. The Balaban J connectivity index is 2.29. The van der Waals surface area contributed by atoms with Crippen molar-refractivity contribution in [2.24, 2.45) is 0 Å². The van der Waals surface area contributed by atoms with E-state index >= 15 is 0 Å². The van der Waals surface area contributed by atoms with Gasteiger partial charge >= 0.3 is 5.97 Å². The second kappa shape index (κ2) is 6.20. The minimum absolute atomic E-state index is 0.106. The first-order valence-corrected chi connectivity index (χ1v) is 7.52. The maximum Gasteiger partial charge on any atom is 0.309 e. The number of rotatable bonds is 5. The molecule has 0 bridgehead atoms. The zero-order chi connectivity index (χ0) is 17.3. The third-order valence-corrected chi connectivity index (χ3v) is 4.11. The molecule has 5 heteroatoms. The number of benzene rings is 1. The molecule has 1 aromatic carbocycles. The molecule has 0 aliphatic rings. The fourth-order valence-corrected chi connectivity index (χ4v) is 3.02. The first kappa shape index (κ1) is 15.8. The van der Waals surface area contributed by atoms with Gasteiger partial charge in [-0.15, -0.1) is 0 Å². The summed E-state index contributed by atoms with van der Waals surface area (Å²) < 4.78 is 5.41. The molecular weight excluding hydrogens is 304 g/mol. The summed E-state index contributed by atoms with van der Waals surface area (Å²) in [6, 6.07) is 7.51. The van der Waals surface area contributed by atoms with Gasteiger partial charge in [-0.05, 0) is 30.7 Å². The van der Waals surface area contributed by atoms with Gasteiger partial charge in [0.25, 0.3) is 0 Å². The molecule has 0 radical (unpaired) electrons. The van der Waals surface area contributed by atoms with Crippen LogP contribution in [-0.4, -0.2) is 28.2 Å². The van der Waals surface area contributed by atoms with Crippen molar-refractivity contribution < 1.29 is 14.6 Å². The molecule has 0 aliphatic heterocycles. The number of hydrogen-bond acceptors (Lipinski definition) is 3. The number of aryl methyl sites for hydroxylation is 1. The van der Waals surface area contributed by atoms with Gasteiger partial charge in [0.05, 0.1) is 13.5 Å². The van der Waals surface area contributed by atoms with Gasteiger partial charge in [-0.2, -0.15) is 0 Å². The van der Waals surface area contributed by atoms with Crippen LogP contribution < -0.4 is 4.74 Å². The Morgan fingerprint density at radius 2 is 2.17 bits per heavy atom. The van der Waals surface area contributed by atoms with Crippen molar-refractivity contribution in [1.29, 1.82) is 0 Å². The Hall–Kier alpha value is -3.08. The van der Waals surface area contributed by atoms with E-state index in [0.717, 1.165) is 38.9 Å². The number of hydrogen-bond donors (Lipinski definition) is 2. The Labute approximate surface area is 139 Å². The Morgan fingerprint density at radius 1 is 1.38 bits per heavy atom. The number of H-pyrrole nitrogens is 1. The third-order valence-electron chi connectivity index (χ3n) is 4.11. The van der Waals surface area contributed by atoms with E-state index in [1.54, 1.807) is 19.5 Å². The lowest BCUT2D eigenvalue weighted by molar-refractivity contribution is -0.136. The van der Waals surface area contributed by atoms with Crippen molar-refractivity contribution in [3.05, 3.63) is 65.6 Å². The summed E-state index contributed by atoms with van der Waals surface area (Å²) in [6.45, 7) is 6.15. The van der Waals surface area contributed by atoms with Crippen LogP contribution in [0.3, 0.4) is 0 Å². The van der Waals surface area contributed by atoms with Crippen LogP contribution in [-0.2, 0) is 11.2 Å². The van der Waals surface area contributed by atoms with Gasteiger partial charge in [-0.3, -0.25) is 9.78 Å². The topological polar surface area (TPSA) is 75.2 Å². The standard InChI is InChI=1S/C19H18N2O3/c1-11(13-5-4-8-20-10-13)18-15(9-17(22)23)21-14-6-7-16(24-3)12(2)19(14)18/h4-8,10,21H,1,9H2,2-3H3,(H,22,23). The van der Waals surface area contributed by atoms with Gasteiger partial charge in [0.2, 0.25) is 0 Å². The van der Waals surface area contributed by atoms with Crippen LogP contribution in [0, 0.1) is 6.92 Å². The summed E-state index contributed by atoms with van der Waals surface area (Å²) in [5, 5.41) is 10.2. The quantitative estimate of drug-likeness (QED) is 0.753. The Morgan fingerprint density at radius 3 is 2.79 bits per heavy atom. The number of pyridine rings is 1. The highest BCUT2D eigenvalue weighted by Gasteiger charge is 2.20. The van der Waals surface area contributed by atoms with E-state index in [1.807, 2.05) is 31.2 Å². The number of carbonyl (C=O) groups is 1. The number of methoxy groups -OCH3 is 1. The molecule has 2 aromatic heterocycles. The Bertz CT molecular complexity index is 927. The van der Waals surface area contributed by atoms with Gasteiger partial charge in [-0.1, -0.05) is 12.6 Å². The van der Waals surface area contributed by atoms with E-state index in [1.165, 1.54) is 0 Å². The largest absolute Gasteiger partial charge is 0.496 e. The molecule has 3 rings (SSSR count). The second-order valence-corrected chi connectivity index (χ2v) is 5.58. The number of carboxylic acid groups (broad SMARTS) is 1. The number of carboxylic acids is 1. The zero-order valence-electron chi connectivity index (χ0n) is 13.6. The SMILES string of the molecule is C=C(c1cccnc1)c1c(CC(=O)O)[nH]c2ccc(OC)c(C)c12. The first-order valence-electron chi connectivity index (χ1n) is 7.52. The lowest BCUT2D eigenvalue weighted by Gasteiger charge is -2.11. The lowest BCUT2D eigenvalue weighted by Crippen LogP contribution is -2.03. The van der Waals surface area contributed by atoms with E-state index < -0.39 is 5.97 Å². The average Bonchev–Trinajstić information content (AvgIpc) is 2.93. The molecule has 2 N–H and O–H groups in total. The van der Waals surface area contributed by atoms with Crippen molar-refractivity contribution in [2.45, 2.75) is 13.3 Å². The molecule has 0 aliphatic carbocycles. The summed E-state index contributed by atoms with van der Waals surface area (Å²) in [6.07, 6.45) is 3.31. The number of aromatic amines is 1. The fourth-order valence-electron chi connectivity index (χ4n) is 3.02. The maximum atomic E-state index is 11.3. The molecule has 3 aromatic rings. The number of fused-ring (bicyclic) bond motifs is 1. The van der Waals surface area contributed by atoms with E-state index in [2.05, 4.69) is 16.5 Å². The van der Waals surface area contributed by atoms with Crippen LogP contribution in [0.2, 0.25) is 0 Å². The van der Waals surface area contributed by atoms with Crippen molar-refractivity contribution in [1.82, 2.24) is 9.97 Å². The number of ether oxygens (including phenoxy) is 1. The van der Waals surface area contributed by atoms with E-state index in [0.29, 0.717) is 5.69 Å². The molecule has 0 fully saturated rings. The highest BCUT2D eigenvalue weighted by atomic mass is 16.5. The smallest absolute Gasteiger partial charge is 0.309 e. The van der Waals surface area contributed by atoms with Crippen molar-refractivity contribution in [2.75, 3.05) is 7.11 Å². The van der Waals surface area contributed by atoms with Crippen molar-refractivity contribution in [3.8, 4) is 5.75 Å². The highest BCUT2D eigenvalue weighted by molar-refractivity contribution is 6.01. The van der Waals surface area contributed by atoms with Crippen LogP contribution in [0.4, 0.5) is 0 Å². The summed E-state index contributed by atoms with van der Waals surface area (Å²) in [7, 11) is 1.62. The minimum Gasteiger partial charge on any atom is -0.496 e. The molecular formula is C19H18N2O3. The molecule has 0 atom stereocenters. The first-order chi connectivity index (χ1) is 11.5. The summed E-state index contributed by atoms with van der Waals surface area (Å²) >= 11 is 0. The molecule has 122 valence electrons. The fraction of sp³-hybridized carbons (Fsp3) is 0.158. The predicted octanol–water partition coefficient (Wildman–Crippen LogP) is 3.57. The van der Waals surface area contributed by atoms with Crippen LogP contribution >= 0.6 is 0 Å². The molecule has 0 amide bonds. The summed E-state index contributed by atoms with van der Waals surface area (Å²) in [4.78, 5) is 18.6. The van der Waals surface area contributed by atoms with Gasteiger partial charge < -0.3 is 14.8 Å². The average molecular weight is 322 g/mol. The second-order valence-electron chi connectivity index (χ2n) is 5.58. The van der Waals surface area contributed by atoms with E-state index in [9.17, 15) is 9.90 Å². The van der Waals surface area contributed by atoms with Gasteiger partial charge in [0.15, 0.2) is 0 Å². The monoisotopic (exact) mass is 322 g/mol. The molecule has 0 saturated heterocycles. The summed E-state index contributed by atoms with van der Waals surface area (Å²) in [5.74, 6) is -0.143. The van der Waals surface area contributed by atoms with Gasteiger partial charge in [0.1, 0.15) is 5.75 Å². The number of aromatic nitrogens is 2. The van der Waals surface area contributed by atoms with E-state index in [-0.39, 0.29) is 6.42 Å². The minimum atomic E-state index is -0.897. The molecule has 2 heterocycles. The third kappa shape index (κ3) is 2.65. The van der Waals surface area contributed by atoms with Gasteiger partial charge in [-0.25, -0.2) is 0 Å². The molecule has 5 nitrogen and oxygen atoms in total. The molecule has 0 unspecified atom stereocenters. The van der Waals surface area contributed by atoms with Crippen LogP contribution in [0.25, 0.3) is 16.5 Å². The lowest BCUT2D eigenvalue weighted by atomic mass is 9.94. The van der Waals surface area contributed by atoms with Crippen molar-refractivity contribution >= 4 is 22.4 Å². The van der Waals surface area contributed by atoms with Crippen LogP contribution in [0.1, 0.15) is 22.4 Å². The predicted molar refractivity (Wildman–Crippen MR) is 93.3 cm³/mol. The summed E-state index contributed by atoms with van der Waals surface area (Å²) in [5.41, 5.74) is 4.83. The van der Waals surface area contributed by atoms with E-state index in [4.69, 9.17) is 4.74 Å². The zero-order valence-corrected chi connectivity index (χ0v) is 13.6. The van der Waals surface area contributed by atoms with Gasteiger partial charge in [0, 0.05) is 45.7 Å². The van der Waals surface area contributed by atoms with Crippen LogP contribution in [0.15, 0.2) is 43.2 Å². The highest BCUT2D eigenvalue weighted by Crippen LogP contribution is 2.37. The molecule has 0 saturated carbocycles. The van der Waals surface area contributed by atoms with Crippen molar-refractivity contribution in [3.63, 3.8) is 0 Å². The normalized spacial score (nSPS) is 10.8. The number of aliphatic carboxylic acids is 1. The maximum absolute atomic E-state index is 11.3. The molecule has 0 spiro atoms. The number of nitrogens with one attached hydrogen (secondary N) is 1. The van der Waals surface area contributed by atoms with Crippen LogP contribution in [0.5, 0.6) is 5.75 Å².